The SMILES string of the molecule is C=CCC1=C(C)[C@@H](OC(=O)/C=C/c2ccco2)CC1=O. The van der Waals surface area contributed by atoms with Crippen molar-refractivity contribution in [3.05, 3.63) is 54.0 Å². The first-order chi connectivity index (χ1) is 9.61. The molecule has 0 bridgehead atoms. The summed E-state index contributed by atoms with van der Waals surface area (Å²) in [5, 5.41) is 0. The predicted molar refractivity (Wildman–Crippen MR) is 74.8 cm³/mol. The van der Waals surface area contributed by atoms with Gasteiger partial charge in [0.25, 0.3) is 0 Å². The summed E-state index contributed by atoms with van der Waals surface area (Å²) in [6.07, 6.45) is 6.29. The molecule has 0 aromatic carbocycles. The number of carbonyl (C=O) groups excluding carboxylic acids is 2. The summed E-state index contributed by atoms with van der Waals surface area (Å²) in [5.41, 5.74) is 1.52. The van der Waals surface area contributed by atoms with E-state index in [-0.39, 0.29) is 12.2 Å². The summed E-state index contributed by atoms with van der Waals surface area (Å²) in [5.74, 6) is 0.109. The maximum atomic E-state index is 11.8. The molecule has 1 heterocycles. The summed E-state index contributed by atoms with van der Waals surface area (Å²) in [7, 11) is 0. The summed E-state index contributed by atoms with van der Waals surface area (Å²) in [6, 6.07) is 3.46. The van der Waals surface area contributed by atoms with Crippen molar-refractivity contribution in [1.29, 1.82) is 0 Å². The third-order valence-corrected chi connectivity index (χ3v) is 3.20. The van der Waals surface area contributed by atoms with Gasteiger partial charge in [0, 0.05) is 11.6 Å². The Morgan fingerprint density at radius 2 is 2.40 bits per heavy atom. The molecular weight excluding hydrogens is 256 g/mol. The Labute approximate surface area is 117 Å². The molecule has 2 rings (SSSR count). The highest BCUT2D eigenvalue weighted by Gasteiger charge is 2.30. The molecule has 20 heavy (non-hydrogen) atoms. The second-order valence-electron chi connectivity index (χ2n) is 4.56. The minimum atomic E-state index is -0.488. The van der Waals surface area contributed by atoms with Gasteiger partial charge in [0.1, 0.15) is 11.9 Å². The van der Waals surface area contributed by atoms with Crippen LogP contribution in [0, 0.1) is 0 Å². The van der Waals surface area contributed by atoms with Gasteiger partial charge in [-0.05, 0) is 37.1 Å². The Balaban J connectivity index is 1.98. The van der Waals surface area contributed by atoms with E-state index in [4.69, 9.17) is 9.15 Å². The Kier molecular flexibility index (Phi) is 4.35. The van der Waals surface area contributed by atoms with E-state index >= 15 is 0 Å². The quantitative estimate of drug-likeness (QED) is 0.469. The Morgan fingerprint density at radius 3 is 3.05 bits per heavy atom. The zero-order valence-electron chi connectivity index (χ0n) is 11.3. The second-order valence-corrected chi connectivity index (χ2v) is 4.56. The number of carbonyl (C=O) groups is 2. The first-order valence-corrected chi connectivity index (χ1v) is 6.37. The lowest BCUT2D eigenvalue weighted by atomic mass is 10.1. The molecule has 0 amide bonds. The van der Waals surface area contributed by atoms with Crippen LogP contribution in [-0.4, -0.2) is 17.9 Å². The van der Waals surface area contributed by atoms with E-state index in [2.05, 4.69) is 6.58 Å². The maximum Gasteiger partial charge on any atom is 0.331 e. The summed E-state index contributed by atoms with van der Waals surface area (Å²) >= 11 is 0. The van der Waals surface area contributed by atoms with E-state index in [0.717, 1.165) is 5.57 Å². The first kappa shape index (κ1) is 14.1. The molecule has 0 fully saturated rings. The highest BCUT2D eigenvalue weighted by Crippen LogP contribution is 2.28. The third-order valence-electron chi connectivity index (χ3n) is 3.20. The van der Waals surface area contributed by atoms with Crippen LogP contribution in [0.1, 0.15) is 25.5 Å². The van der Waals surface area contributed by atoms with Gasteiger partial charge in [-0.25, -0.2) is 4.79 Å². The van der Waals surface area contributed by atoms with Crippen LogP contribution in [-0.2, 0) is 14.3 Å². The molecule has 0 spiro atoms. The van der Waals surface area contributed by atoms with Crippen LogP contribution in [0.25, 0.3) is 6.08 Å². The molecule has 0 N–H and O–H groups in total. The number of furan rings is 1. The maximum absolute atomic E-state index is 11.8. The van der Waals surface area contributed by atoms with Crippen molar-refractivity contribution < 1.29 is 18.7 Å². The monoisotopic (exact) mass is 272 g/mol. The largest absolute Gasteiger partial charge is 0.465 e. The van der Waals surface area contributed by atoms with Crippen LogP contribution >= 0.6 is 0 Å². The van der Waals surface area contributed by atoms with Gasteiger partial charge in [0.2, 0.25) is 0 Å². The lowest BCUT2D eigenvalue weighted by Gasteiger charge is -2.11. The number of allylic oxidation sites excluding steroid dienone is 2. The van der Waals surface area contributed by atoms with Crippen molar-refractivity contribution in [2.45, 2.75) is 25.9 Å². The van der Waals surface area contributed by atoms with E-state index in [1.54, 1.807) is 18.2 Å². The fraction of sp³-hybridized carbons (Fsp3) is 0.250. The molecule has 0 aliphatic heterocycles. The van der Waals surface area contributed by atoms with Crippen LogP contribution in [0.4, 0.5) is 0 Å². The van der Waals surface area contributed by atoms with Crippen LogP contribution < -0.4 is 0 Å². The van der Waals surface area contributed by atoms with Crippen LogP contribution in [0.15, 0.2) is 52.7 Å². The second kappa shape index (κ2) is 6.19. The molecule has 1 aromatic rings. The standard InChI is InChI=1S/C16H16O4/c1-3-5-13-11(2)15(10-14(13)17)20-16(18)8-7-12-6-4-9-19-12/h3-4,6-9,15H,1,5,10H2,2H3/b8-7+/t15-/m0/s1. The lowest BCUT2D eigenvalue weighted by Crippen LogP contribution is -2.16. The predicted octanol–water partition coefficient (Wildman–Crippen LogP) is 3.07. The Morgan fingerprint density at radius 1 is 1.60 bits per heavy atom. The van der Waals surface area contributed by atoms with E-state index < -0.39 is 12.1 Å². The van der Waals surface area contributed by atoms with E-state index in [1.165, 1.54) is 18.4 Å². The molecule has 0 saturated heterocycles. The fourth-order valence-electron chi connectivity index (χ4n) is 2.12. The van der Waals surface area contributed by atoms with Crippen molar-refractivity contribution in [2.75, 3.05) is 0 Å². The van der Waals surface area contributed by atoms with Gasteiger partial charge in [-0.3, -0.25) is 4.79 Å². The van der Waals surface area contributed by atoms with Gasteiger partial charge in [-0.2, -0.15) is 0 Å². The average Bonchev–Trinajstić information content (AvgIpc) is 3.01. The molecule has 0 unspecified atom stereocenters. The molecule has 104 valence electrons. The smallest absolute Gasteiger partial charge is 0.331 e. The zero-order valence-corrected chi connectivity index (χ0v) is 11.3. The van der Waals surface area contributed by atoms with Gasteiger partial charge in [0.05, 0.1) is 12.7 Å². The van der Waals surface area contributed by atoms with Crippen LogP contribution in [0.5, 0.6) is 0 Å². The highest BCUT2D eigenvalue weighted by atomic mass is 16.5. The minimum absolute atomic E-state index is 0.0233. The van der Waals surface area contributed by atoms with Crippen molar-refractivity contribution in [1.82, 2.24) is 0 Å². The molecule has 1 atom stereocenters. The van der Waals surface area contributed by atoms with Crippen LogP contribution in [0.3, 0.4) is 0 Å². The number of esters is 1. The molecule has 4 nitrogen and oxygen atoms in total. The number of Topliss-reactive ketones (excluding diaryl/α,β-unsaturated/α-hetero) is 1. The average molecular weight is 272 g/mol. The van der Waals surface area contributed by atoms with Crippen molar-refractivity contribution in [3.8, 4) is 0 Å². The van der Waals surface area contributed by atoms with Gasteiger partial charge >= 0.3 is 5.97 Å². The van der Waals surface area contributed by atoms with E-state index in [1.807, 2.05) is 6.92 Å². The highest BCUT2D eigenvalue weighted by molar-refractivity contribution is 6.00. The minimum Gasteiger partial charge on any atom is -0.465 e. The van der Waals surface area contributed by atoms with Gasteiger partial charge in [0.15, 0.2) is 5.78 Å². The number of rotatable bonds is 5. The molecule has 4 heteroatoms. The van der Waals surface area contributed by atoms with E-state index in [0.29, 0.717) is 17.8 Å². The molecule has 1 aliphatic rings. The summed E-state index contributed by atoms with van der Waals surface area (Å²) in [4.78, 5) is 23.5. The molecule has 0 radical (unpaired) electrons. The Hall–Kier alpha value is -2.36. The molecule has 0 saturated carbocycles. The van der Waals surface area contributed by atoms with Gasteiger partial charge in [-0.15, -0.1) is 6.58 Å². The number of hydrogen-bond acceptors (Lipinski definition) is 4. The number of hydrogen-bond donors (Lipinski definition) is 0. The van der Waals surface area contributed by atoms with Crippen molar-refractivity contribution in [2.24, 2.45) is 0 Å². The summed E-state index contributed by atoms with van der Waals surface area (Å²) in [6.45, 7) is 5.44. The summed E-state index contributed by atoms with van der Waals surface area (Å²) < 4.78 is 10.4. The first-order valence-electron chi connectivity index (χ1n) is 6.37. The normalized spacial score (nSPS) is 18.9. The van der Waals surface area contributed by atoms with E-state index in [9.17, 15) is 9.59 Å². The van der Waals surface area contributed by atoms with Crippen LogP contribution in [0.2, 0.25) is 0 Å². The van der Waals surface area contributed by atoms with Crippen molar-refractivity contribution in [3.63, 3.8) is 0 Å². The van der Waals surface area contributed by atoms with Crippen molar-refractivity contribution >= 4 is 17.8 Å². The third kappa shape index (κ3) is 3.15. The lowest BCUT2D eigenvalue weighted by molar-refractivity contribution is -0.141. The number of ether oxygens (including phenoxy) is 1. The molecule has 1 aromatic heterocycles. The molecular formula is C16H16O4. The van der Waals surface area contributed by atoms with Gasteiger partial charge < -0.3 is 9.15 Å². The van der Waals surface area contributed by atoms with Gasteiger partial charge in [-0.1, -0.05) is 6.08 Å². The fourth-order valence-corrected chi connectivity index (χ4v) is 2.12. The zero-order chi connectivity index (χ0) is 14.5. The number of ketones is 1. The Bertz CT molecular complexity index is 576. The topological polar surface area (TPSA) is 56.5 Å². The molecule has 1 aliphatic carbocycles.